The van der Waals surface area contributed by atoms with Crippen molar-refractivity contribution in [3.8, 4) is 11.5 Å². The van der Waals surface area contributed by atoms with E-state index in [9.17, 15) is 9.90 Å². The van der Waals surface area contributed by atoms with Gasteiger partial charge in [-0.3, -0.25) is 9.78 Å². The number of phenolic OH excluding ortho intramolecular Hbond substituents is 1. The zero-order valence-electron chi connectivity index (χ0n) is 15.4. The largest absolute Gasteiger partial charge is 0.508 e. The van der Waals surface area contributed by atoms with Gasteiger partial charge in [-0.2, -0.15) is 0 Å². The molecule has 0 radical (unpaired) electrons. The Labute approximate surface area is 166 Å². The molecular weight excluding hydrogens is 372 g/mol. The van der Waals surface area contributed by atoms with Gasteiger partial charge in [0.1, 0.15) is 11.5 Å². The highest BCUT2D eigenvalue weighted by Crippen LogP contribution is 2.29. The summed E-state index contributed by atoms with van der Waals surface area (Å²) in [7, 11) is 0. The summed E-state index contributed by atoms with van der Waals surface area (Å²) in [5.41, 5.74) is 7.91. The van der Waals surface area contributed by atoms with E-state index >= 15 is 0 Å². The molecule has 0 aliphatic heterocycles. The lowest BCUT2D eigenvalue weighted by Crippen LogP contribution is -2.11. The number of aromatic nitrogens is 1. The van der Waals surface area contributed by atoms with Crippen LogP contribution in [-0.2, 0) is 6.42 Å². The molecule has 0 bridgehead atoms. The van der Waals surface area contributed by atoms with Crippen LogP contribution in [0.15, 0.2) is 54.0 Å². The second-order valence-electron chi connectivity index (χ2n) is 6.97. The zero-order valence-corrected chi connectivity index (χ0v) is 16.2. The van der Waals surface area contributed by atoms with Crippen LogP contribution in [0.2, 0.25) is 0 Å². The van der Waals surface area contributed by atoms with Crippen LogP contribution in [0.4, 0.5) is 0 Å². The van der Waals surface area contributed by atoms with Crippen LogP contribution in [0.1, 0.15) is 22.8 Å². The molecule has 1 amide bonds. The summed E-state index contributed by atoms with van der Waals surface area (Å²) in [6.45, 7) is 2.71. The molecule has 1 atom stereocenters. The van der Waals surface area contributed by atoms with Gasteiger partial charge in [-0.25, -0.2) is 0 Å². The van der Waals surface area contributed by atoms with Crippen molar-refractivity contribution < 1.29 is 14.6 Å². The molecule has 2 aromatic heterocycles. The Morgan fingerprint density at radius 1 is 1.21 bits per heavy atom. The first-order valence-corrected chi connectivity index (χ1v) is 9.89. The molecule has 2 heterocycles. The van der Waals surface area contributed by atoms with Gasteiger partial charge < -0.3 is 15.6 Å². The first-order chi connectivity index (χ1) is 13.5. The number of hydrogen-bond acceptors (Lipinski definition) is 5. The van der Waals surface area contributed by atoms with Crippen LogP contribution >= 0.6 is 11.3 Å². The maximum atomic E-state index is 11.5. The lowest BCUT2D eigenvalue weighted by Gasteiger charge is -2.15. The highest BCUT2D eigenvalue weighted by atomic mass is 32.1. The van der Waals surface area contributed by atoms with Gasteiger partial charge in [-0.05, 0) is 42.2 Å². The van der Waals surface area contributed by atoms with Crippen LogP contribution in [0.5, 0.6) is 11.5 Å². The summed E-state index contributed by atoms with van der Waals surface area (Å²) < 4.78 is 7.10. The highest BCUT2D eigenvalue weighted by molar-refractivity contribution is 7.17. The number of ether oxygens (including phenoxy) is 1. The smallest absolute Gasteiger partial charge is 0.250 e. The van der Waals surface area contributed by atoms with Crippen LogP contribution in [-0.4, -0.2) is 22.6 Å². The fourth-order valence-electron chi connectivity index (χ4n) is 3.32. The number of fused-ring (bicyclic) bond motifs is 2. The third-order valence-corrected chi connectivity index (χ3v) is 5.64. The van der Waals surface area contributed by atoms with E-state index in [-0.39, 0.29) is 5.75 Å². The summed E-state index contributed by atoms with van der Waals surface area (Å²) in [5.74, 6) is 0.859. The molecule has 2 aromatic carbocycles. The number of benzene rings is 2. The van der Waals surface area contributed by atoms with E-state index in [4.69, 9.17) is 10.5 Å². The van der Waals surface area contributed by atoms with Gasteiger partial charge in [-0.1, -0.05) is 19.1 Å². The molecule has 0 saturated heterocycles. The molecule has 5 nitrogen and oxygen atoms in total. The van der Waals surface area contributed by atoms with E-state index < -0.39 is 5.91 Å². The molecule has 0 aliphatic rings. The number of hydrogen-bond donors (Lipinski definition) is 2. The Bertz CT molecular complexity index is 1170. The van der Waals surface area contributed by atoms with E-state index in [0.29, 0.717) is 23.6 Å². The highest BCUT2D eigenvalue weighted by Gasteiger charge is 2.12. The van der Waals surface area contributed by atoms with Gasteiger partial charge in [0.15, 0.2) is 0 Å². The fraction of sp³-hybridized carbons (Fsp3) is 0.182. The van der Waals surface area contributed by atoms with Crippen molar-refractivity contribution in [3.63, 3.8) is 0 Å². The van der Waals surface area contributed by atoms with Gasteiger partial charge in [0, 0.05) is 33.1 Å². The van der Waals surface area contributed by atoms with Crippen molar-refractivity contribution in [3.05, 3.63) is 65.2 Å². The van der Waals surface area contributed by atoms with Crippen molar-refractivity contribution in [1.29, 1.82) is 0 Å². The van der Waals surface area contributed by atoms with Crippen LogP contribution in [0.3, 0.4) is 0 Å². The van der Waals surface area contributed by atoms with E-state index in [2.05, 4.69) is 18.0 Å². The topological polar surface area (TPSA) is 85.4 Å². The third-order valence-electron chi connectivity index (χ3n) is 4.70. The van der Waals surface area contributed by atoms with Gasteiger partial charge in [-0.15, -0.1) is 11.3 Å². The van der Waals surface area contributed by atoms with Gasteiger partial charge >= 0.3 is 0 Å². The number of nitrogens with zero attached hydrogens (tertiary/aromatic N) is 1. The molecule has 0 fully saturated rings. The van der Waals surface area contributed by atoms with Crippen molar-refractivity contribution in [2.45, 2.75) is 13.3 Å². The lowest BCUT2D eigenvalue weighted by molar-refractivity contribution is 0.100. The normalized spacial score (nSPS) is 12.3. The van der Waals surface area contributed by atoms with Crippen molar-refractivity contribution in [2.75, 3.05) is 6.61 Å². The molecular formula is C22H20N2O3S. The Morgan fingerprint density at radius 2 is 2.04 bits per heavy atom. The number of carbonyl (C=O) groups excluding carboxylic acids is 1. The van der Waals surface area contributed by atoms with E-state index in [1.165, 1.54) is 16.9 Å². The predicted octanol–water partition coefficient (Wildman–Crippen LogP) is 4.51. The van der Waals surface area contributed by atoms with Crippen LogP contribution in [0.25, 0.3) is 21.0 Å². The number of thiophene rings is 1. The average molecular weight is 392 g/mol. The van der Waals surface area contributed by atoms with E-state index in [1.807, 2.05) is 29.6 Å². The Kier molecular flexibility index (Phi) is 4.88. The number of pyridine rings is 1. The average Bonchev–Trinajstić information content (AvgIpc) is 3.09. The molecule has 28 heavy (non-hydrogen) atoms. The first kappa shape index (κ1) is 18.3. The minimum absolute atomic E-state index is 0.189. The monoisotopic (exact) mass is 392 g/mol. The molecule has 4 aromatic rings. The Morgan fingerprint density at radius 3 is 2.86 bits per heavy atom. The van der Waals surface area contributed by atoms with E-state index in [0.717, 1.165) is 27.6 Å². The quantitative estimate of drug-likeness (QED) is 0.505. The van der Waals surface area contributed by atoms with Crippen LogP contribution in [0, 0.1) is 5.92 Å². The zero-order chi connectivity index (χ0) is 19.7. The summed E-state index contributed by atoms with van der Waals surface area (Å²) in [5, 5.41) is 13.2. The number of carbonyl (C=O) groups is 1. The molecule has 1 unspecified atom stereocenters. The first-order valence-electron chi connectivity index (χ1n) is 9.01. The van der Waals surface area contributed by atoms with Gasteiger partial charge in [0.25, 0.3) is 0 Å². The van der Waals surface area contributed by atoms with E-state index in [1.54, 1.807) is 18.3 Å². The Balaban J connectivity index is 1.46. The maximum Gasteiger partial charge on any atom is 0.250 e. The van der Waals surface area contributed by atoms with Crippen molar-refractivity contribution >= 4 is 38.2 Å². The fourth-order valence-corrected chi connectivity index (χ4v) is 4.33. The number of rotatable bonds is 6. The number of aromatic hydroxyl groups is 1. The maximum absolute atomic E-state index is 11.5. The predicted molar refractivity (Wildman–Crippen MR) is 112 cm³/mol. The molecule has 6 heteroatoms. The van der Waals surface area contributed by atoms with Crippen LogP contribution < -0.4 is 10.5 Å². The number of amides is 1. The van der Waals surface area contributed by atoms with Crippen molar-refractivity contribution in [2.24, 2.45) is 11.7 Å². The summed E-state index contributed by atoms with van der Waals surface area (Å²) >= 11 is 1.54. The minimum Gasteiger partial charge on any atom is -0.508 e. The second kappa shape index (κ2) is 7.48. The number of nitrogens with two attached hydrogens (primary N) is 1. The summed E-state index contributed by atoms with van der Waals surface area (Å²) in [4.78, 5) is 15.7. The lowest BCUT2D eigenvalue weighted by atomic mass is 10.0. The molecule has 142 valence electrons. The SMILES string of the molecule is CC(COc1ccnc2cc(O)ccc12)Cc1ccc2c(C(N)=O)csc2c1. The molecule has 0 saturated carbocycles. The molecule has 3 N–H and O–H groups in total. The van der Waals surface area contributed by atoms with Gasteiger partial charge in [0.05, 0.1) is 17.7 Å². The molecule has 4 rings (SSSR count). The second-order valence-corrected chi connectivity index (χ2v) is 7.89. The third kappa shape index (κ3) is 3.64. The molecule has 0 aliphatic carbocycles. The molecule has 0 spiro atoms. The van der Waals surface area contributed by atoms with Crippen molar-refractivity contribution in [1.82, 2.24) is 4.98 Å². The minimum atomic E-state index is -0.390. The number of phenols is 1. The van der Waals surface area contributed by atoms with Gasteiger partial charge in [0.2, 0.25) is 5.91 Å². The summed E-state index contributed by atoms with van der Waals surface area (Å²) in [6.07, 6.45) is 2.55. The standard InChI is InChI=1S/C22H20N2O3S/c1-13(8-14-2-4-16-18(22(23)26)12-28-21(16)9-14)11-27-20-6-7-24-19-10-15(25)3-5-17(19)20/h2-7,9-10,12-13,25H,8,11H2,1H3,(H2,23,26). The Hall–Kier alpha value is -3.12. The summed E-state index contributed by atoms with van der Waals surface area (Å²) in [6, 6.07) is 13.1. The number of primary amides is 1.